The number of nitrogens with zero attached hydrogens (tertiary/aromatic N) is 2. The highest BCUT2D eigenvalue weighted by Gasteiger charge is 2.00. The average molecular weight is 191 g/mol. The number of nitriles is 1. The number of nitrogens with one attached hydrogen (secondary N) is 1. The molecule has 0 radical (unpaired) electrons. The van der Waals surface area contributed by atoms with Crippen LogP contribution in [0.1, 0.15) is 18.9 Å². The summed E-state index contributed by atoms with van der Waals surface area (Å²) < 4.78 is 0. The van der Waals surface area contributed by atoms with Crippen molar-refractivity contribution in [2.45, 2.75) is 19.4 Å². The van der Waals surface area contributed by atoms with Crippen molar-refractivity contribution in [1.29, 1.82) is 5.26 Å². The first-order valence-corrected chi connectivity index (χ1v) is 4.50. The predicted molar refractivity (Wildman–Crippen MR) is 53.7 cm³/mol. The SMILES string of the molecule is CC(O)CCNc1ccncc1C#N. The zero-order valence-electron chi connectivity index (χ0n) is 8.07. The van der Waals surface area contributed by atoms with Crippen LogP contribution in [0.5, 0.6) is 0 Å². The Hall–Kier alpha value is -1.60. The van der Waals surface area contributed by atoms with Gasteiger partial charge in [0.2, 0.25) is 0 Å². The lowest BCUT2D eigenvalue weighted by Crippen LogP contribution is -2.10. The summed E-state index contributed by atoms with van der Waals surface area (Å²) in [7, 11) is 0. The summed E-state index contributed by atoms with van der Waals surface area (Å²) in [6.07, 6.45) is 3.48. The largest absolute Gasteiger partial charge is 0.393 e. The molecule has 0 aliphatic rings. The molecule has 14 heavy (non-hydrogen) atoms. The van der Waals surface area contributed by atoms with Crippen molar-refractivity contribution >= 4 is 5.69 Å². The highest BCUT2D eigenvalue weighted by atomic mass is 16.3. The fraction of sp³-hybridized carbons (Fsp3) is 0.400. The number of anilines is 1. The van der Waals surface area contributed by atoms with Crippen LogP contribution < -0.4 is 5.32 Å². The molecule has 0 aliphatic carbocycles. The first-order valence-electron chi connectivity index (χ1n) is 4.50. The zero-order chi connectivity index (χ0) is 10.4. The van der Waals surface area contributed by atoms with E-state index in [0.717, 1.165) is 5.69 Å². The first kappa shape index (κ1) is 10.5. The smallest absolute Gasteiger partial charge is 0.103 e. The Morgan fingerprint density at radius 3 is 3.14 bits per heavy atom. The molecular weight excluding hydrogens is 178 g/mol. The Balaban J connectivity index is 2.54. The number of hydrogen-bond donors (Lipinski definition) is 2. The fourth-order valence-electron chi connectivity index (χ4n) is 1.05. The van der Waals surface area contributed by atoms with Gasteiger partial charge in [0.15, 0.2) is 0 Å². The lowest BCUT2D eigenvalue weighted by Gasteiger charge is -2.08. The Morgan fingerprint density at radius 1 is 1.71 bits per heavy atom. The van der Waals surface area contributed by atoms with Crippen LogP contribution in [0.25, 0.3) is 0 Å². The van der Waals surface area contributed by atoms with Gasteiger partial charge in [-0.3, -0.25) is 4.98 Å². The van der Waals surface area contributed by atoms with E-state index in [-0.39, 0.29) is 6.10 Å². The third kappa shape index (κ3) is 3.04. The molecule has 1 heterocycles. The van der Waals surface area contributed by atoms with Crippen LogP contribution in [0, 0.1) is 11.3 Å². The van der Waals surface area contributed by atoms with E-state index >= 15 is 0 Å². The molecule has 74 valence electrons. The monoisotopic (exact) mass is 191 g/mol. The molecule has 0 aliphatic heterocycles. The Labute approximate surface area is 83.2 Å². The maximum atomic E-state index is 9.04. The van der Waals surface area contributed by atoms with Crippen molar-refractivity contribution in [1.82, 2.24) is 4.98 Å². The number of aliphatic hydroxyl groups excluding tert-OH is 1. The normalized spacial score (nSPS) is 11.8. The zero-order valence-corrected chi connectivity index (χ0v) is 8.07. The second-order valence-corrected chi connectivity index (χ2v) is 3.10. The summed E-state index contributed by atoms with van der Waals surface area (Å²) in [6, 6.07) is 3.80. The minimum Gasteiger partial charge on any atom is -0.393 e. The molecule has 0 saturated heterocycles. The van der Waals surface area contributed by atoms with Gasteiger partial charge in [-0.05, 0) is 19.4 Å². The van der Waals surface area contributed by atoms with E-state index in [0.29, 0.717) is 18.5 Å². The number of hydrogen-bond acceptors (Lipinski definition) is 4. The molecular formula is C10H13N3O. The van der Waals surface area contributed by atoms with Crippen LogP contribution in [0.3, 0.4) is 0 Å². The second-order valence-electron chi connectivity index (χ2n) is 3.10. The van der Waals surface area contributed by atoms with Crippen LogP contribution in [-0.2, 0) is 0 Å². The van der Waals surface area contributed by atoms with Gasteiger partial charge in [-0.1, -0.05) is 0 Å². The van der Waals surface area contributed by atoms with E-state index in [4.69, 9.17) is 10.4 Å². The summed E-state index contributed by atoms with van der Waals surface area (Å²) in [5.41, 5.74) is 1.29. The molecule has 1 atom stereocenters. The predicted octanol–water partition coefficient (Wildman–Crippen LogP) is 1.14. The third-order valence-electron chi connectivity index (χ3n) is 1.82. The molecule has 1 rings (SSSR count). The van der Waals surface area contributed by atoms with Gasteiger partial charge >= 0.3 is 0 Å². The second kappa shape index (κ2) is 5.20. The summed E-state index contributed by atoms with van der Waals surface area (Å²) in [6.45, 7) is 2.38. The van der Waals surface area contributed by atoms with Crippen molar-refractivity contribution in [3.63, 3.8) is 0 Å². The maximum absolute atomic E-state index is 9.04. The van der Waals surface area contributed by atoms with E-state index in [1.807, 2.05) is 6.07 Å². The van der Waals surface area contributed by atoms with Gasteiger partial charge in [0.05, 0.1) is 17.4 Å². The van der Waals surface area contributed by atoms with E-state index in [1.54, 1.807) is 19.2 Å². The van der Waals surface area contributed by atoms with Crippen LogP contribution in [0.15, 0.2) is 18.5 Å². The molecule has 1 unspecified atom stereocenters. The molecule has 0 aromatic carbocycles. The third-order valence-corrected chi connectivity index (χ3v) is 1.82. The molecule has 0 amide bonds. The highest BCUT2D eigenvalue weighted by Crippen LogP contribution is 2.11. The number of aromatic nitrogens is 1. The molecule has 2 N–H and O–H groups in total. The Bertz CT molecular complexity index is 330. The molecule has 0 saturated carbocycles. The quantitative estimate of drug-likeness (QED) is 0.748. The van der Waals surface area contributed by atoms with E-state index in [1.165, 1.54) is 6.20 Å². The summed E-state index contributed by atoms with van der Waals surface area (Å²) in [4.78, 5) is 3.85. The van der Waals surface area contributed by atoms with Gasteiger partial charge in [0, 0.05) is 18.9 Å². The topological polar surface area (TPSA) is 68.9 Å². The Kier molecular flexibility index (Phi) is 3.89. The van der Waals surface area contributed by atoms with Gasteiger partial charge < -0.3 is 10.4 Å². The Morgan fingerprint density at radius 2 is 2.50 bits per heavy atom. The van der Waals surface area contributed by atoms with Gasteiger partial charge in [0.25, 0.3) is 0 Å². The van der Waals surface area contributed by atoms with E-state index in [2.05, 4.69) is 10.3 Å². The highest BCUT2D eigenvalue weighted by molar-refractivity contribution is 5.55. The standard InChI is InChI=1S/C10H13N3O/c1-8(14)2-5-13-10-3-4-12-7-9(10)6-11/h3-4,7-8,14H,2,5H2,1H3,(H,12,13). The van der Waals surface area contributed by atoms with Crippen molar-refractivity contribution < 1.29 is 5.11 Å². The summed E-state index contributed by atoms with van der Waals surface area (Å²) in [5, 5.41) is 20.9. The van der Waals surface area contributed by atoms with Crippen LogP contribution in [0.4, 0.5) is 5.69 Å². The van der Waals surface area contributed by atoms with Crippen molar-refractivity contribution in [2.24, 2.45) is 0 Å². The molecule has 0 bridgehead atoms. The van der Waals surface area contributed by atoms with Crippen LogP contribution in [-0.4, -0.2) is 22.7 Å². The molecule has 4 nitrogen and oxygen atoms in total. The summed E-state index contributed by atoms with van der Waals surface area (Å²) >= 11 is 0. The van der Waals surface area contributed by atoms with Crippen molar-refractivity contribution in [2.75, 3.05) is 11.9 Å². The van der Waals surface area contributed by atoms with Crippen LogP contribution >= 0.6 is 0 Å². The molecule has 1 aromatic rings. The molecule has 1 aromatic heterocycles. The van der Waals surface area contributed by atoms with Gasteiger partial charge in [-0.15, -0.1) is 0 Å². The number of pyridine rings is 1. The lowest BCUT2D eigenvalue weighted by atomic mass is 10.2. The van der Waals surface area contributed by atoms with Gasteiger partial charge in [-0.2, -0.15) is 5.26 Å². The van der Waals surface area contributed by atoms with E-state index in [9.17, 15) is 0 Å². The lowest BCUT2D eigenvalue weighted by molar-refractivity contribution is 0.189. The maximum Gasteiger partial charge on any atom is 0.103 e. The molecule has 4 heteroatoms. The van der Waals surface area contributed by atoms with E-state index < -0.39 is 0 Å². The van der Waals surface area contributed by atoms with Crippen LogP contribution in [0.2, 0.25) is 0 Å². The molecule has 0 spiro atoms. The minimum atomic E-state index is -0.324. The first-order chi connectivity index (χ1) is 6.74. The van der Waals surface area contributed by atoms with Gasteiger partial charge in [-0.25, -0.2) is 0 Å². The number of aliphatic hydroxyl groups is 1. The molecule has 0 fully saturated rings. The van der Waals surface area contributed by atoms with Gasteiger partial charge in [0.1, 0.15) is 6.07 Å². The van der Waals surface area contributed by atoms with Crippen molar-refractivity contribution in [3.05, 3.63) is 24.0 Å². The summed E-state index contributed by atoms with van der Waals surface area (Å²) in [5.74, 6) is 0. The minimum absolute atomic E-state index is 0.324. The average Bonchev–Trinajstić information content (AvgIpc) is 2.18. The number of rotatable bonds is 4. The fourth-order valence-corrected chi connectivity index (χ4v) is 1.05. The van der Waals surface area contributed by atoms with Crippen molar-refractivity contribution in [3.8, 4) is 6.07 Å².